The van der Waals surface area contributed by atoms with Gasteiger partial charge in [-0.05, 0) is 56.4 Å². The van der Waals surface area contributed by atoms with Gasteiger partial charge in [-0.2, -0.15) is 0 Å². The summed E-state index contributed by atoms with van der Waals surface area (Å²) in [4.78, 5) is 13.3. The topological polar surface area (TPSA) is 79.2 Å². The Hall–Kier alpha value is -2.84. The summed E-state index contributed by atoms with van der Waals surface area (Å²) in [5, 5.41) is 13.0. The van der Waals surface area contributed by atoms with E-state index in [0.29, 0.717) is 16.7 Å². The van der Waals surface area contributed by atoms with E-state index in [1.165, 1.54) is 11.8 Å². The van der Waals surface area contributed by atoms with Crippen molar-refractivity contribution < 1.29 is 9.32 Å². The Morgan fingerprint density at radius 3 is 2.46 bits per heavy atom. The van der Waals surface area contributed by atoms with E-state index in [0.717, 1.165) is 16.3 Å². The van der Waals surface area contributed by atoms with Gasteiger partial charge in [-0.1, -0.05) is 29.4 Å². The van der Waals surface area contributed by atoms with Crippen molar-refractivity contribution in [1.82, 2.24) is 5.16 Å². The number of aryl methyl sites for hydroxylation is 1. The Balaban J connectivity index is 1.56. The van der Waals surface area contributed by atoms with Gasteiger partial charge in [-0.25, -0.2) is 0 Å². The first-order valence-corrected chi connectivity index (χ1v) is 9.92. The molecule has 2 aromatic carbocycles. The van der Waals surface area contributed by atoms with Crippen molar-refractivity contribution in [3.8, 4) is 0 Å². The number of nitrogens with one attached hydrogen (secondary N) is 3. The number of nitrogens with zero attached hydrogens (tertiary/aromatic N) is 1. The fourth-order valence-corrected chi connectivity index (χ4v) is 3.53. The number of anilines is 3. The Morgan fingerprint density at radius 1 is 1.04 bits per heavy atom. The highest BCUT2D eigenvalue weighted by Crippen LogP contribution is 2.26. The van der Waals surface area contributed by atoms with E-state index >= 15 is 0 Å². The van der Waals surface area contributed by atoms with Crippen molar-refractivity contribution in [2.75, 3.05) is 16.0 Å². The minimum Gasteiger partial charge on any atom is -0.360 e. The number of aromatic nitrogens is 1. The SMILES string of the molecule is Cc1cc(NC(=O)C(C)Sc2cccc(NC(=S)Nc3ccccc3)c2)no1. The second kappa shape index (κ2) is 9.38. The molecule has 0 aliphatic heterocycles. The Bertz CT molecular complexity index is 960. The molecule has 6 nitrogen and oxygen atoms in total. The van der Waals surface area contributed by atoms with Crippen LogP contribution in [0.2, 0.25) is 0 Å². The van der Waals surface area contributed by atoms with Crippen LogP contribution in [-0.4, -0.2) is 21.4 Å². The van der Waals surface area contributed by atoms with Gasteiger partial charge in [0.25, 0.3) is 0 Å². The average Bonchev–Trinajstić information content (AvgIpc) is 3.07. The largest absolute Gasteiger partial charge is 0.360 e. The van der Waals surface area contributed by atoms with Crippen molar-refractivity contribution in [3.05, 3.63) is 66.4 Å². The van der Waals surface area contributed by atoms with Crippen LogP contribution in [0.3, 0.4) is 0 Å². The molecule has 0 aliphatic rings. The molecular weight excluding hydrogens is 392 g/mol. The minimum atomic E-state index is -0.304. The van der Waals surface area contributed by atoms with Gasteiger partial charge in [0.15, 0.2) is 10.9 Å². The standard InChI is InChI=1S/C20H20N4O2S2/c1-13-11-18(24-26-13)23-19(25)14(2)28-17-10-6-9-16(12-17)22-20(27)21-15-7-4-3-5-8-15/h3-12,14H,1-2H3,(H2,21,22,27)(H,23,24,25). The summed E-state index contributed by atoms with van der Waals surface area (Å²) in [7, 11) is 0. The number of benzene rings is 2. The molecule has 144 valence electrons. The first-order chi connectivity index (χ1) is 13.5. The highest BCUT2D eigenvalue weighted by Gasteiger charge is 2.16. The lowest BCUT2D eigenvalue weighted by Crippen LogP contribution is -2.22. The van der Waals surface area contributed by atoms with Gasteiger partial charge in [0.2, 0.25) is 5.91 Å². The maximum atomic E-state index is 12.3. The summed E-state index contributed by atoms with van der Waals surface area (Å²) in [5.74, 6) is 0.926. The first-order valence-electron chi connectivity index (χ1n) is 8.63. The van der Waals surface area contributed by atoms with Crippen molar-refractivity contribution in [2.45, 2.75) is 24.0 Å². The zero-order chi connectivity index (χ0) is 19.9. The summed E-state index contributed by atoms with van der Waals surface area (Å²) in [6.45, 7) is 3.62. The minimum absolute atomic E-state index is 0.141. The number of hydrogen-bond acceptors (Lipinski definition) is 5. The van der Waals surface area contributed by atoms with Crippen molar-refractivity contribution >= 4 is 52.2 Å². The molecule has 0 bridgehead atoms. The van der Waals surface area contributed by atoms with Gasteiger partial charge in [0, 0.05) is 22.3 Å². The predicted octanol–water partition coefficient (Wildman–Crippen LogP) is 4.91. The molecule has 3 N–H and O–H groups in total. The molecule has 1 amide bonds. The molecule has 28 heavy (non-hydrogen) atoms. The molecule has 1 atom stereocenters. The third-order valence-corrected chi connectivity index (χ3v) is 4.98. The van der Waals surface area contributed by atoms with Crippen LogP contribution < -0.4 is 16.0 Å². The van der Waals surface area contributed by atoms with E-state index in [1.54, 1.807) is 13.0 Å². The molecule has 1 aromatic heterocycles. The summed E-state index contributed by atoms with van der Waals surface area (Å²) in [5.41, 5.74) is 1.76. The van der Waals surface area contributed by atoms with Crippen LogP contribution in [0.5, 0.6) is 0 Å². The van der Waals surface area contributed by atoms with Gasteiger partial charge >= 0.3 is 0 Å². The molecule has 3 rings (SSSR count). The number of para-hydroxylation sites is 1. The molecule has 0 aliphatic carbocycles. The van der Waals surface area contributed by atoms with Gasteiger partial charge in [0.05, 0.1) is 5.25 Å². The second-order valence-electron chi connectivity index (χ2n) is 6.05. The number of hydrogen-bond donors (Lipinski definition) is 3. The Morgan fingerprint density at radius 2 is 1.75 bits per heavy atom. The van der Waals surface area contributed by atoms with Gasteiger partial charge < -0.3 is 20.5 Å². The number of carbonyl (C=O) groups excluding carboxylic acids is 1. The van der Waals surface area contributed by atoms with Crippen LogP contribution in [0.15, 0.2) is 70.1 Å². The van der Waals surface area contributed by atoms with Crippen LogP contribution in [-0.2, 0) is 4.79 Å². The van der Waals surface area contributed by atoms with Crippen LogP contribution in [0.25, 0.3) is 0 Å². The van der Waals surface area contributed by atoms with Gasteiger partial charge in [-0.15, -0.1) is 11.8 Å². The highest BCUT2D eigenvalue weighted by atomic mass is 32.2. The molecule has 0 saturated carbocycles. The van der Waals surface area contributed by atoms with Crippen molar-refractivity contribution in [3.63, 3.8) is 0 Å². The molecule has 0 fully saturated rings. The Labute approximate surface area is 173 Å². The maximum Gasteiger partial charge on any atom is 0.238 e. The second-order valence-corrected chi connectivity index (χ2v) is 7.87. The molecule has 3 aromatic rings. The zero-order valence-electron chi connectivity index (χ0n) is 15.4. The van der Waals surface area contributed by atoms with E-state index in [1.807, 2.05) is 61.5 Å². The molecular formula is C20H20N4O2S2. The quantitative estimate of drug-likeness (QED) is 0.392. The normalized spacial score (nSPS) is 11.5. The van der Waals surface area contributed by atoms with E-state index in [9.17, 15) is 4.79 Å². The van der Waals surface area contributed by atoms with E-state index in [4.69, 9.17) is 16.7 Å². The zero-order valence-corrected chi connectivity index (χ0v) is 17.1. The third-order valence-electron chi connectivity index (χ3n) is 3.68. The van der Waals surface area contributed by atoms with E-state index < -0.39 is 0 Å². The molecule has 0 saturated heterocycles. The van der Waals surface area contributed by atoms with Crippen LogP contribution in [0, 0.1) is 6.92 Å². The molecule has 1 unspecified atom stereocenters. The third kappa shape index (κ3) is 5.83. The number of amides is 1. The lowest BCUT2D eigenvalue weighted by molar-refractivity contribution is -0.115. The molecule has 0 spiro atoms. The lowest BCUT2D eigenvalue weighted by atomic mass is 10.3. The smallest absolute Gasteiger partial charge is 0.238 e. The number of thioether (sulfide) groups is 1. The van der Waals surface area contributed by atoms with Gasteiger partial charge in [-0.3, -0.25) is 4.79 Å². The summed E-state index contributed by atoms with van der Waals surface area (Å²) < 4.78 is 4.96. The number of thiocarbonyl (C=S) groups is 1. The maximum absolute atomic E-state index is 12.3. The average molecular weight is 413 g/mol. The highest BCUT2D eigenvalue weighted by molar-refractivity contribution is 8.00. The fourth-order valence-electron chi connectivity index (χ4n) is 2.37. The van der Waals surface area contributed by atoms with Crippen molar-refractivity contribution in [1.29, 1.82) is 0 Å². The monoisotopic (exact) mass is 412 g/mol. The summed E-state index contributed by atoms with van der Waals surface area (Å²) in [6, 6.07) is 19.1. The van der Waals surface area contributed by atoms with Crippen molar-refractivity contribution in [2.24, 2.45) is 0 Å². The molecule has 1 heterocycles. The fraction of sp³-hybridized carbons (Fsp3) is 0.150. The van der Waals surface area contributed by atoms with Gasteiger partial charge in [0.1, 0.15) is 5.76 Å². The number of carbonyl (C=O) groups is 1. The summed E-state index contributed by atoms with van der Waals surface area (Å²) in [6.07, 6.45) is 0. The van der Waals surface area contributed by atoms with Crippen LogP contribution in [0.1, 0.15) is 12.7 Å². The molecule has 8 heteroatoms. The lowest BCUT2D eigenvalue weighted by Gasteiger charge is -2.13. The van der Waals surface area contributed by atoms with Crippen LogP contribution in [0.4, 0.5) is 17.2 Å². The summed E-state index contributed by atoms with van der Waals surface area (Å²) >= 11 is 6.81. The van der Waals surface area contributed by atoms with Crippen LogP contribution >= 0.6 is 24.0 Å². The predicted molar refractivity (Wildman–Crippen MR) is 118 cm³/mol. The van der Waals surface area contributed by atoms with E-state index in [2.05, 4.69) is 21.1 Å². The number of rotatable bonds is 6. The Kier molecular flexibility index (Phi) is 6.67. The molecule has 0 radical (unpaired) electrons. The first kappa shape index (κ1) is 19.9. The van der Waals surface area contributed by atoms with E-state index in [-0.39, 0.29) is 11.2 Å².